The van der Waals surface area contributed by atoms with E-state index in [1.165, 1.54) is 13.8 Å². The van der Waals surface area contributed by atoms with E-state index in [4.69, 9.17) is 4.74 Å². The molecular formula is C13H23NO5. The highest BCUT2D eigenvalue weighted by molar-refractivity contribution is 5.83. The monoisotopic (exact) mass is 273 g/mol. The molecule has 1 atom stereocenters. The maximum Gasteiger partial charge on any atom is 0.347 e. The number of hydrogen-bond acceptors (Lipinski definition) is 6. The van der Waals surface area contributed by atoms with E-state index >= 15 is 0 Å². The van der Waals surface area contributed by atoms with Crippen molar-refractivity contribution < 1.29 is 23.9 Å². The fraction of sp³-hybridized carbons (Fsp3) is 0.769. The smallest absolute Gasteiger partial charge is 0.347 e. The van der Waals surface area contributed by atoms with Crippen LogP contribution in [0, 0.1) is 0 Å². The largest absolute Gasteiger partial charge is 0.455 e. The summed E-state index contributed by atoms with van der Waals surface area (Å²) in [6.45, 7) is 8.85. The molecule has 1 unspecified atom stereocenters. The van der Waals surface area contributed by atoms with Gasteiger partial charge in [-0.2, -0.15) is 0 Å². The van der Waals surface area contributed by atoms with E-state index in [1.807, 2.05) is 20.8 Å². The van der Waals surface area contributed by atoms with E-state index in [2.05, 4.69) is 10.1 Å². The van der Waals surface area contributed by atoms with E-state index in [1.54, 1.807) is 0 Å². The van der Waals surface area contributed by atoms with Crippen molar-refractivity contribution in [2.24, 2.45) is 0 Å². The summed E-state index contributed by atoms with van der Waals surface area (Å²) >= 11 is 0. The van der Waals surface area contributed by atoms with Crippen LogP contribution in [0.2, 0.25) is 0 Å². The third-order valence-electron chi connectivity index (χ3n) is 2.04. The fourth-order valence-corrected chi connectivity index (χ4v) is 1.13. The van der Waals surface area contributed by atoms with Crippen molar-refractivity contribution in [2.75, 3.05) is 13.2 Å². The summed E-state index contributed by atoms with van der Waals surface area (Å²) in [5, 5.41) is 3.13. The number of rotatable bonds is 7. The first-order valence-corrected chi connectivity index (χ1v) is 6.22. The van der Waals surface area contributed by atoms with Crippen LogP contribution < -0.4 is 5.32 Å². The van der Waals surface area contributed by atoms with Crippen LogP contribution in [0.15, 0.2) is 0 Å². The quantitative estimate of drug-likeness (QED) is 0.692. The van der Waals surface area contributed by atoms with Crippen molar-refractivity contribution >= 4 is 17.7 Å². The second-order valence-electron chi connectivity index (χ2n) is 5.37. The first-order chi connectivity index (χ1) is 8.61. The molecule has 0 aromatic heterocycles. The highest BCUT2D eigenvalue weighted by atomic mass is 16.6. The molecule has 6 heteroatoms. The Bertz CT molecular complexity index is 332. The normalized spacial score (nSPS) is 12.7. The van der Waals surface area contributed by atoms with Gasteiger partial charge < -0.3 is 14.8 Å². The van der Waals surface area contributed by atoms with Crippen LogP contribution in [0.1, 0.15) is 41.0 Å². The summed E-state index contributed by atoms with van der Waals surface area (Å²) in [6.07, 6.45) is -0.830. The standard InChI is InChI=1S/C13H23NO5/c1-9(15)8-18-12(17)10(2)19-11(16)6-7-14-13(3,4)5/h10,14H,6-8H2,1-5H3. The number of nitrogens with one attached hydrogen (secondary N) is 1. The molecule has 0 fully saturated rings. The molecule has 110 valence electrons. The van der Waals surface area contributed by atoms with Crippen LogP contribution in [0.4, 0.5) is 0 Å². The van der Waals surface area contributed by atoms with Gasteiger partial charge in [-0.25, -0.2) is 4.79 Å². The van der Waals surface area contributed by atoms with Gasteiger partial charge in [0.25, 0.3) is 0 Å². The van der Waals surface area contributed by atoms with Crippen molar-refractivity contribution in [3.8, 4) is 0 Å². The third kappa shape index (κ3) is 10.2. The van der Waals surface area contributed by atoms with E-state index in [0.29, 0.717) is 6.54 Å². The predicted molar refractivity (Wildman–Crippen MR) is 69.6 cm³/mol. The summed E-state index contributed by atoms with van der Waals surface area (Å²) in [7, 11) is 0. The van der Waals surface area contributed by atoms with Crippen LogP contribution in [-0.4, -0.2) is 42.5 Å². The lowest BCUT2D eigenvalue weighted by atomic mass is 10.1. The van der Waals surface area contributed by atoms with Crippen LogP contribution in [0.5, 0.6) is 0 Å². The second kappa shape index (κ2) is 7.89. The first-order valence-electron chi connectivity index (χ1n) is 6.22. The maximum atomic E-state index is 11.4. The number of esters is 2. The van der Waals surface area contributed by atoms with E-state index in [9.17, 15) is 14.4 Å². The van der Waals surface area contributed by atoms with Crippen LogP contribution in [-0.2, 0) is 23.9 Å². The molecule has 0 radical (unpaired) electrons. The topological polar surface area (TPSA) is 81.7 Å². The number of ether oxygens (including phenoxy) is 2. The molecule has 0 saturated carbocycles. The van der Waals surface area contributed by atoms with Gasteiger partial charge in [-0.3, -0.25) is 9.59 Å². The second-order valence-corrected chi connectivity index (χ2v) is 5.37. The lowest BCUT2D eigenvalue weighted by molar-refractivity contribution is -0.167. The molecule has 0 aromatic carbocycles. The molecule has 0 bridgehead atoms. The van der Waals surface area contributed by atoms with Crippen molar-refractivity contribution in [1.29, 1.82) is 0 Å². The molecule has 6 nitrogen and oxygen atoms in total. The zero-order valence-corrected chi connectivity index (χ0v) is 12.2. The van der Waals surface area contributed by atoms with Gasteiger partial charge in [0, 0.05) is 12.1 Å². The molecule has 0 rings (SSSR count). The summed E-state index contributed by atoms with van der Waals surface area (Å²) in [5.41, 5.74) is -0.0771. The number of Topliss-reactive ketones (excluding diaryl/α,β-unsaturated/α-hetero) is 1. The average molecular weight is 273 g/mol. The van der Waals surface area contributed by atoms with Crippen molar-refractivity contribution in [2.45, 2.75) is 52.7 Å². The van der Waals surface area contributed by atoms with Gasteiger partial charge in [0.1, 0.15) is 6.61 Å². The van der Waals surface area contributed by atoms with Gasteiger partial charge in [-0.05, 0) is 34.6 Å². The minimum absolute atomic E-state index is 0.0771. The van der Waals surface area contributed by atoms with Crippen molar-refractivity contribution in [3.05, 3.63) is 0 Å². The lowest BCUT2D eigenvalue weighted by Crippen LogP contribution is -2.37. The molecule has 0 aliphatic rings. The molecule has 0 amide bonds. The summed E-state index contributed by atoms with van der Waals surface area (Å²) in [4.78, 5) is 33.4. The zero-order valence-electron chi connectivity index (χ0n) is 12.2. The Balaban J connectivity index is 3.92. The van der Waals surface area contributed by atoms with Gasteiger partial charge >= 0.3 is 11.9 Å². The van der Waals surface area contributed by atoms with Crippen LogP contribution in [0.25, 0.3) is 0 Å². The minimum Gasteiger partial charge on any atom is -0.455 e. The minimum atomic E-state index is -0.999. The van der Waals surface area contributed by atoms with Crippen LogP contribution in [0.3, 0.4) is 0 Å². The fourth-order valence-electron chi connectivity index (χ4n) is 1.13. The van der Waals surface area contributed by atoms with E-state index in [0.717, 1.165) is 0 Å². The molecule has 0 aliphatic carbocycles. The summed E-state index contributed by atoms with van der Waals surface area (Å²) in [6, 6.07) is 0. The number of hydrogen-bond donors (Lipinski definition) is 1. The Kier molecular flexibility index (Phi) is 7.29. The van der Waals surface area contributed by atoms with Gasteiger partial charge in [0.2, 0.25) is 0 Å². The Hall–Kier alpha value is -1.43. The molecule has 1 N–H and O–H groups in total. The molecule has 0 heterocycles. The Labute approximate surface area is 113 Å². The van der Waals surface area contributed by atoms with E-state index < -0.39 is 18.0 Å². The molecule has 0 saturated heterocycles. The number of carbonyl (C=O) groups is 3. The SMILES string of the molecule is CC(=O)COC(=O)C(C)OC(=O)CCNC(C)(C)C. The van der Waals surface area contributed by atoms with Crippen molar-refractivity contribution in [1.82, 2.24) is 5.32 Å². The van der Waals surface area contributed by atoms with Gasteiger partial charge in [-0.1, -0.05) is 0 Å². The van der Waals surface area contributed by atoms with E-state index in [-0.39, 0.29) is 24.3 Å². The number of carbonyl (C=O) groups excluding carboxylic acids is 3. The molecule has 0 aliphatic heterocycles. The Morgan fingerprint density at radius 3 is 2.26 bits per heavy atom. The molecular weight excluding hydrogens is 250 g/mol. The van der Waals surface area contributed by atoms with Gasteiger partial charge in [0.05, 0.1) is 6.42 Å². The maximum absolute atomic E-state index is 11.4. The zero-order chi connectivity index (χ0) is 15.1. The highest BCUT2D eigenvalue weighted by Crippen LogP contribution is 2.01. The van der Waals surface area contributed by atoms with Gasteiger partial charge in [0.15, 0.2) is 11.9 Å². The lowest BCUT2D eigenvalue weighted by Gasteiger charge is -2.20. The summed E-state index contributed by atoms with van der Waals surface area (Å²) < 4.78 is 9.54. The Morgan fingerprint density at radius 2 is 1.79 bits per heavy atom. The first kappa shape index (κ1) is 17.6. The summed E-state index contributed by atoms with van der Waals surface area (Å²) in [5.74, 6) is -1.46. The van der Waals surface area contributed by atoms with Crippen molar-refractivity contribution in [3.63, 3.8) is 0 Å². The molecule has 0 spiro atoms. The van der Waals surface area contributed by atoms with Gasteiger partial charge in [-0.15, -0.1) is 0 Å². The third-order valence-corrected chi connectivity index (χ3v) is 2.04. The van der Waals surface area contributed by atoms with Crippen LogP contribution >= 0.6 is 0 Å². The molecule has 0 aromatic rings. The average Bonchev–Trinajstić information content (AvgIpc) is 2.23. The number of ketones is 1. The Morgan fingerprint density at radius 1 is 1.21 bits per heavy atom. The predicted octanol–water partition coefficient (Wildman–Crippen LogP) is 0.828. The molecule has 19 heavy (non-hydrogen) atoms. The highest BCUT2D eigenvalue weighted by Gasteiger charge is 2.20.